The third-order valence-electron chi connectivity index (χ3n) is 1.92. The zero-order valence-corrected chi connectivity index (χ0v) is 8.08. The molecule has 5 nitrogen and oxygen atoms in total. The van der Waals surface area contributed by atoms with Crippen molar-refractivity contribution in [3.05, 3.63) is 39.3 Å². The monoisotopic (exact) mass is 224 g/mol. The van der Waals surface area contributed by atoms with E-state index in [9.17, 15) is 9.59 Å². The number of hydrogen-bond donors (Lipinski definition) is 2. The molecule has 2 aromatic rings. The summed E-state index contributed by atoms with van der Waals surface area (Å²) in [5, 5.41) is 8.86. The molecule has 0 atom stereocenters. The van der Waals surface area contributed by atoms with Crippen molar-refractivity contribution in [1.82, 2.24) is 9.97 Å². The largest absolute Gasteiger partial charge is 0.477 e. The molecule has 76 valence electrons. The van der Waals surface area contributed by atoms with E-state index in [-0.39, 0.29) is 16.2 Å². The van der Waals surface area contributed by atoms with Gasteiger partial charge in [-0.2, -0.15) is 0 Å². The minimum Gasteiger partial charge on any atom is -0.477 e. The number of aromatic nitrogens is 2. The Morgan fingerprint density at radius 3 is 2.87 bits per heavy atom. The Balaban J connectivity index is 2.89. The maximum absolute atomic E-state index is 11.6. The topological polar surface area (TPSA) is 83.0 Å². The molecule has 0 aliphatic heterocycles. The number of fused-ring (bicyclic) bond motifs is 1. The first-order valence-electron chi connectivity index (χ1n) is 4.01. The van der Waals surface area contributed by atoms with Crippen LogP contribution in [0.4, 0.5) is 0 Å². The highest BCUT2D eigenvalue weighted by Gasteiger charge is 2.12. The van der Waals surface area contributed by atoms with Crippen LogP contribution < -0.4 is 5.43 Å². The number of carboxylic acid groups (broad SMARTS) is 1. The molecule has 2 rings (SSSR count). The Hall–Kier alpha value is -1.88. The van der Waals surface area contributed by atoms with Gasteiger partial charge in [-0.1, -0.05) is 11.6 Å². The molecule has 0 aromatic carbocycles. The number of nitrogens with one attached hydrogen (secondary N) is 1. The summed E-state index contributed by atoms with van der Waals surface area (Å²) in [5.41, 5.74) is -0.507. The zero-order valence-electron chi connectivity index (χ0n) is 7.32. The van der Waals surface area contributed by atoms with Crippen molar-refractivity contribution in [3.63, 3.8) is 0 Å². The Labute approximate surface area is 88.3 Å². The van der Waals surface area contributed by atoms with Gasteiger partial charge < -0.3 is 10.1 Å². The van der Waals surface area contributed by atoms with E-state index in [1.54, 1.807) is 6.07 Å². The second-order valence-electron chi connectivity index (χ2n) is 2.87. The fourth-order valence-electron chi connectivity index (χ4n) is 1.23. The molecule has 15 heavy (non-hydrogen) atoms. The highest BCUT2D eigenvalue weighted by Crippen LogP contribution is 2.10. The van der Waals surface area contributed by atoms with Gasteiger partial charge >= 0.3 is 5.97 Å². The molecule has 0 saturated carbocycles. The van der Waals surface area contributed by atoms with E-state index in [1.165, 1.54) is 6.07 Å². The van der Waals surface area contributed by atoms with Crippen LogP contribution in [0.15, 0.2) is 23.1 Å². The van der Waals surface area contributed by atoms with E-state index in [1.807, 2.05) is 0 Å². The summed E-state index contributed by atoms with van der Waals surface area (Å²) in [5.74, 6) is -1.29. The van der Waals surface area contributed by atoms with Gasteiger partial charge in [0, 0.05) is 6.20 Å². The van der Waals surface area contributed by atoms with Crippen LogP contribution in [0, 0.1) is 0 Å². The van der Waals surface area contributed by atoms with Gasteiger partial charge in [0.15, 0.2) is 0 Å². The van der Waals surface area contributed by atoms with E-state index < -0.39 is 11.4 Å². The van der Waals surface area contributed by atoms with Crippen molar-refractivity contribution in [3.8, 4) is 0 Å². The molecular weight excluding hydrogens is 220 g/mol. The normalized spacial score (nSPS) is 10.5. The standard InChI is InChI=1S/C9H5ClN2O3/c10-6-2-1-5-7(12-6)8(13)4(3-11-5)9(14)15/h1-3H,(H,11,13)(H,14,15). The third kappa shape index (κ3) is 1.57. The Kier molecular flexibility index (Phi) is 2.17. The lowest BCUT2D eigenvalue weighted by atomic mass is 10.2. The van der Waals surface area contributed by atoms with Crippen molar-refractivity contribution in [1.29, 1.82) is 0 Å². The van der Waals surface area contributed by atoms with Crippen molar-refractivity contribution in [2.45, 2.75) is 0 Å². The summed E-state index contributed by atoms with van der Waals surface area (Å²) in [7, 11) is 0. The molecule has 0 aliphatic rings. The molecule has 0 saturated heterocycles. The Morgan fingerprint density at radius 2 is 2.20 bits per heavy atom. The van der Waals surface area contributed by atoms with Gasteiger partial charge in [0.1, 0.15) is 16.2 Å². The number of halogens is 1. The Bertz CT molecular complexity index is 606. The van der Waals surface area contributed by atoms with Gasteiger partial charge in [0.05, 0.1) is 5.52 Å². The van der Waals surface area contributed by atoms with Crippen LogP contribution in [0.5, 0.6) is 0 Å². The van der Waals surface area contributed by atoms with Crippen molar-refractivity contribution in [2.75, 3.05) is 0 Å². The summed E-state index contributed by atoms with van der Waals surface area (Å²) in [6.07, 6.45) is 1.14. The number of carbonyl (C=O) groups is 1. The smallest absolute Gasteiger partial charge is 0.341 e. The molecule has 0 fully saturated rings. The maximum atomic E-state index is 11.6. The van der Waals surface area contributed by atoms with E-state index in [2.05, 4.69) is 9.97 Å². The molecule has 0 spiro atoms. The second-order valence-corrected chi connectivity index (χ2v) is 3.25. The molecule has 2 N–H and O–H groups in total. The summed E-state index contributed by atoms with van der Waals surface area (Å²) < 4.78 is 0. The quantitative estimate of drug-likeness (QED) is 0.715. The first-order valence-corrected chi connectivity index (χ1v) is 4.38. The van der Waals surface area contributed by atoms with Crippen LogP contribution in [0.1, 0.15) is 10.4 Å². The van der Waals surface area contributed by atoms with Gasteiger partial charge in [0.2, 0.25) is 5.43 Å². The van der Waals surface area contributed by atoms with Crippen LogP contribution in [0.2, 0.25) is 5.15 Å². The molecule has 0 unspecified atom stereocenters. The Morgan fingerprint density at radius 1 is 1.47 bits per heavy atom. The summed E-state index contributed by atoms with van der Waals surface area (Å²) >= 11 is 5.61. The predicted octanol–water partition coefficient (Wildman–Crippen LogP) is 1.27. The highest BCUT2D eigenvalue weighted by molar-refractivity contribution is 6.29. The van der Waals surface area contributed by atoms with Gasteiger partial charge in [-0.15, -0.1) is 0 Å². The van der Waals surface area contributed by atoms with Crippen molar-refractivity contribution >= 4 is 28.6 Å². The maximum Gasteiger partial charge on any atom is 0.341 e. The van der Waals surface area contributed by atoms with Crippen LogP contribution >= 0.6 is 11.6 Å². The number of hydrogen-bond acceptors (Lipinski definition) is 3. The van der Waals surface area contributed by atoms with Crippen molar-refractivity contribution in [2.24, 2.45) is 0 Å². The average molecular weight is 225 g/mol. The molecule has 0 amide bonds. The van der Waals surface area contributed by atoms with Crippen molar-refractivity contribution < 1.29 is 9.90 Å². The highest BCUT2D eigenvalue weighted by atomic mass is 35.5. The molecule has 2 heterocycles. The SMILES string of the molecule is O=C(O)c1c[nH]c2ccc(Cl)nc2c1=O. The molecule has 0 bridgehead atoms. The van der Waals surface area contributed by atoms with Gasteiger partial charge in [-0.25, -0.2) is 9.78 Å². The lowest BCUT2D eigenvalue weighted by Gasteiger charge is -1.98. The lowest BCUT2D eigenvalue weighted by Crippen LogP contribution is -2.16. The van der Waals surface area contributed by atoms with E-state index in [0.717, 1.165) is 6.20 Å². The third-order valence-corrected chi connectivity index (χ3v) is 2.13. The van der Waals surface area contributed by atoms with E-state index >= 15 is 0 Å². The minimum atomic E-state index is -1.29. The minimum absolute atomic E-state index is 0.0300. The number of rotatable bonds is 1. The number of nitrogens with zero attached hydrogens (tertiary/aromatic N) is 1. The molecular formula is C9H5ClN2O3. The molecule has 6 heteroatoms. The first-order chi connectivity index (χ1) is 7.09. The van der Waals surface area contributed by atoms with E-state index in [4.69, 9.17) is 16.7 Å². The number of H-pyrrole nitrogens is 1. The fourth-order valence-corrected chi connectivity index (χ4v) is 1.37. The van der Waals surface area contributed by atoms with E-state index in [0.29, 0.717) is 5.52 Å². The number of carboxylic acids is 1. The fraction of sp³-hybridized carbons (Fsp3) is 0. The second kappa shape index (κ2) is 3.36. The number of aromatic carboxylic acids is 1. The first kappa shape index (κ1) is 9.67. The summed E-state index contributed by atoms with van der Waals surface area (Å²) in [6.45, 7) is 0. The average Bonchev–Trinajstić information content (AvgIpc) is 2.19. The molecule has 0 aliphatic carbocycles. The number of pyridine rings is 2. The van der Waals surface area contributed by atoms with Crippen LogP contribution in [-0.2, 0) is 0 Å². The van der Waals surface area contributed by atoms with Crippen LogP contribution in [-0.4, -0.2) is 21.0 Å². The summed E-state index contributed by atoms with van der Waals surface area (Å²) in [6, 6.07) is 3.08. The molecule has 0 radical (unpaired) electrons. The van der Waals surface area contributed by atoms with Gasteiger partial charge in [-0.05, 0) is 12.1 Å². The number of aromatic amines is 1. The summed E-state index contributed by atoms with van der Waals surface area (Å²) in [4.78, 5) is 28.7. The predicted molar refractivity (Wildman–Crippen MR) is 54.3 cm³/mol. The van der Waals surface area contributed by atoms with Gasteiger partial charge in [-0.3, -0.25) is 4.79 Å². The van der Waals surface area contributed by atoms with Gasteiger partial charge in [0.25, 0.3) is 0 Å². The lowest BCUT2D eigenvalue weighted by molar-refractivity contribution is 0.0695. The molecule has 2 aromatic heterocycles. The van der Waals surface area contributed by atoms with Crippen LogP contribution in [0.25, 0.3) is 11.0 Å². The zero-order chi connectivity index (χ0) is 11.0. The van der Waals surface area contributed by atoms with Crippen LogP contribution in [0.3, 0.4) is 0 Å².